The molecule has 1 saturated carbocycles. The number of ether oxygens (including phenoxy) is 1. The highest BCUT2D eigenvalue weighted by Gasteiger charge is 2.43. The van der Waals surface area contributed by atoms with Gasteiger partial charge in [-0.3, -0.25) is 4.79 Å². The second-order valence-corrected chi connectivity index (χ2v) is 3.15. The van der Waals surface area contributed by atoms with Gasteiger partial charge < -0.3 is 4.74 Å². The van der Waals surface area contributed by atoms with E-state index in [2.05, 4.69) is 6.08 Å². The zero-order valence-corrected chi connectivity index (χ0v) is 6.67. The fourth-order valence-corrected chi connectivity index (χ4v) is 1.92. The van der Waals surface area contributed by atoms with E-state index in [0.29, 0.717) is 18.3 Å². The highest BCUT2D eigenvalue weighted by Crippen LogP contribution is 2.43. The summed E-state index contributed by atoms with van der Waals surface area (Å²) in [4.78, 5) is 11.2. The first-order valence-corrected chi connectivity index (χ1v) is 4.20. The van der Waals surface area contributed by atoms with Crippen LogP contribution in [0.2, 0.25) is 0 Å². The Labute approximate surface area is 66.2 Å². The van der Waals surface area contributed by atoms with Gasteiger partial charge in [-0.2, -0.15) is 0 Å². The lowest BCUT2D eigenvalue weighted by Gasteiger charge is -2.28. The molecular formula is C9H12O2. The summed E-state index contributed by atoms with van der Waals surface area (Å²) in [5, 5.41) is 0. The summed E-state index contributed by atoms with van der Waals surface area (Å²) in [5.41, 5.74) is 0. The van der Waals surface area contributed by atoms with Crippen molar-refractivity contribution in [2.24, 2.45) is 11.8 Å². The van der Waals surface area contributed by atoms with E-state index in [4.69, 9.17) is 4.74 Å². The summed E-state index contributed by atoms with van der Waals surface area (Å²) in [7, 11) is 0. The maximum Gasteiger partial charge on any atom is 0.144 e. The molecule has 11 heavy (non-hydrogen) atoms. The third-order valence-corrected chi connectivity index (χ3v) is 2.49. The molecule has 2 nitrogen and oxygen atoms in total. The van der Waals surface area contributed by atoms with Crippen LogP contribution in [0.3, 0.4) is 0 Å². The van der Waals surface area contributed by atoms with E-state index < -0.39 is 0 Å². The Bertz CT molecular complexity index is 218. The molecule has 0 aliphatic heterocycles. The number of allylic oxidation sites excluding steroid dienone is 2. The quantitative estimate of drug-likeness (QED) is 0.599. The van der Waals surface area contributed by atoms with Crippen molar-refractivity contribution in [2.45, 2.75) is 19.8 Å². The van der Waals surface area contributed by atoms with Crippen molar-refractivity contribution in [2.75, 3.05) is 6.61 Å². The Hall–Kier alpha value is -0.790. The molecule has 0 radical (unpaired) electrons. The van der Waals surface area contributed by atoms with E-state index >= 15 is 0 Å². The van der Waals surface area contributed by atoms with E-state index in [1.807, 2.05) is 6.92 Å². The zero-order valence-electron chi connectivity index (χ0n) is 6.67. The first-order chi connectivity index (χ1) is 5.33. The molecule has 0 aromatic rings. The third-order valence-electron chi connectivity index (χ3n) is 2.49. The fourth-order valence-electron chi connectivity index (χ4n) is 1.92. The summed E-state index contributed by atoms with van der Waals surface area (Å²) in [6, 6.07) is 0. The number of Topliss-reactive ketones (excluding diaryl/α,β-unsaturated/α-hetero) is 1. The van der Waals surface area contributed by atoms with Crippen LogP contribution in [0.5, 0.6) is 0 Å². The van der Waals surface area contributed by atoms with Gasteiger partial charge in [0.2, 0.25) is 0 Å². The second kappa shape index (κ2) is 2.36. The summed E-state index contributed by atoms with van der Waals surface area (Å²) >= 11 is 0. The van der Waals surface area contributed by atoms with Crippen molar-refractivity contribution in [1.82, 2.24) is 0 Å². The molecule has 2 unspecified atom stereocenters. The number of rotatable bonds is 2. The minimum atomic E-state index is 0.148. The molecular weight excluding hydrogens is 140 g/mol. The number of fused-ring (bicyclic) bond motifs is 1. The monoisotopic (exact) mass is 152 g/mol. The number of carbonyl (C=O) groups excluding carboxylic acids is 1. The Balaban J connectivity index is 2.06. The molecule has 2 rings (SSSR count). The van der Waals surface area contributed by atoms with Crippen LogP contribution in [0.1, 0.15) is 19.8 Å². The SMILES string of the molecule is CCOC1=CC2CCC(=O)C12. The largest absolute Gasteiger partial charge is 0.498 e. The molecule has 0 heterocycles. The molecule has 0 amide bonds. The van der Waals surface area contributed by atoms with Gasteiger partial charge in [-0.25, -0.2) is 0 Å². The minimum Gasteiger partial charge on any atom is -0.498 e. The molecule has 0 N–H and O–H groups in total. The van der Waals surface area contributed by atoms with Crippen molar-refractivity contribution in [3.63, 3.8) is 0 Å². The van der Waals surface area contributed by atoms with Crippen molar-refractivity contribution >= 4 is 5.78 Å². The van der Waals surface area contributed by atoms with Gasteiger partial charge in [0.15, 0.2) is 0 Å². The maximum atomic E-state index is 11.2. The van der Waals surface area contributed by atoms with Crippen LogP contribution in [0, 0.1) is 11.8 Å². The first-order valence-electron chi connectivity index (χ1n) is 4.20. The number of hydrogen-bond donors (Lipinski definition) is 0. The van der Waals surface area contributed by atoms with Gasteiger partial charge in [0.05, 0.1) is 12.5 Å². The zero-order chi connectivity index (χ0) is 7.84. The van der Waals surface area contributed by atoms with Crippen LogP contribution >= 0.6 is 0 Å². The lowest BCUT2D eigenvalue weighted by Crippen LogP contribution is -2.26. The Kier molecular flexibility index (Phi) is 1.48. The van der Waals surface area contributed by atoms with Crippen molar-refractivity contribution in [1.29, 1.82) is 0 Å². The van der Waals surface area contributed by atoms with E-state index in [0.717, 1.165) is 18.6 Å². The average Bonchev–Trinajstić information content (AvgIpc) is 2.20. The molecule has 0 saturated heterocycles. The van der Waals surface area contributed by atoms with Crippen LogP contribution < -0.4 is 0 Å². The third kappa shape index (κ3) is 0.889. The van der Waals surface area contributed by atoms with E-state index in [1.54, 1.807) is 0 Å². The Morgan fingerprint density at radius 1 is 1.73 bits per heavy atom. The molecule has 0 bridgehead atoms. The van der Waals surface area contributed by atoms with Crippen molar-refractivity contribution in [3.05, 3.63) is 11.8 Å². The van der Waals surface area contributed by atoms with Gasteiger partial charge in [-0.05, 0) is 25.3 Å². The lowest BCUT2D eigenvalue weighted by molar-refractivity contribution is -0.121. The van der Waals surface area contributed by atoms with Gasteiger partial charge in [0.25, 0.3) is 0 Å². The molecule has 2 aliphatic carbocycles. The van der Waals surface area contributed by atoms with Crippen LogP contribution in [0.25, 0.3) is 0 Å². The molecule has 2 atom stereocenters. The molecule has 0 spiro atoms. The van der Waals surface area contributed by atoms with Gasteiger partial charge in [0.1, 0.15) is 11.5 Å². The predicted molar refractivity (Wildman–Crippen MR) is 40.9 cm³/mol. The van der Waals surface area contributed by atoms with Crippen molar-refractivity contribution in [3.8, 4) is 0 Å². The van der Waals surface area contributed by atoms with Gasteiger partial charge in [-0.1, -0.05) is 0 Å². The molecule has 0 aromatic heterocycles. The summed E-state index contributed by atoms with van der Waals surface area (Å²) in [6.07, 6.45) is 3.89. The highest BCUT2D eigenvalue weighted by atomic mass is 16.5. The fraction of sp³-hybridized carbons (Fsp3) is 0.667. The molecule has 2 aliphatic rings. The molecule has 1 fully saturated rings. The number of hydrogen-bond acceptors (Lipinski definition) is 2. The van der Waals surface area contributed by atoms with Crippen LogP contribution in [-0.2, 0) is 9.53 Å². The highest BCUT2D eigenvalue weighted by molar-refractivity contribution is 5.87. The predicted octanol–water partition coefficient (Wildman–Crippen LogP) is 1.52. The minimum absolute atomic E-state index is 0.148. The first kappa shape index (κ1) is 6.89. The molecule has 0 aromatic carbocycles. The standard InChI is InChI=1S/C9H12O2/c1-2-11-8-5-6-3-4-7(10)9(6)8/h5-6,9H,2-4H2,1H3. The number of carbonyl (C=O) groups is 1. The van der Waals surface area contributed by atoms with Gasteiger partial charge in [-0.15, -0.1) is 0 Å². The molecule has 2 heteroatoms. The normalized spacial score (nSPS) is 34.3. The van der Waals surface area contributed by atoms with Crippen LogP contribution in [-0.4, -0.2) is 12.4 Å². The van der Waals surface area contributed by atoms with E-state index in [9.17, 15) is 4.79 Å². The van der Waals surface area contributed by atoms with Gasteiger partial charge in [0, 0.05) is 6.42 Å². The van der Waals surface area contributed by atoms with E-state index in [-0.39, 0.29) is 5.92 Å². The Morgan fingerprint density at radius 3 is 3.18 bits per heavy atom. The topological polar surface area (TPSA) is 26.3 Å². The molecule has 60 valence electrons. The summed E-state index contributed by atoms with van der Waals surface area (Å²) < 4.78 is 5.30. The maximum absolute atomic E-state index is 11.2. The summed E-state index contributed by atoms with van der Waals surface area (Å²) in [5.74, 6) is 1.97. The number of ketones is 1. The summed E-state index contributed by atoms with van der Waals surface area (Å²) in [6.45, 7) is 2.63. The lowest BCUT2D eigenvalue weighted by atomic mass is 9.83. The van der Waals surface area contributed by atoms with Crippen LogP contribution in [0.15, 0.2) is 11.8 Å². The average molecular weight is 152 g/mol. The smallest absolute Gasteiger partial charge is 0.144 e. The Morgan fingerprint density at radius 2 is 2.55 bits per heavy atom. The second-order valence-electron chi connectivity index (χ2n) is 3.15. The van der Waals surface area contributed by atoms with Crippen molar-refractivity contribution < 1.29 is 9.53 Å². The van der Waals surface area contributed by atoms with E-state index in [1.165, 1.54) is 0 Å². The van der Waals surface area contributed by atoms with Crippen LogP contribution in [0.4, 0.5) is 0 Å². The van der Waals surface area contributed by atoms with Gasteiger partial charge >= 0.3 is 0 Å².